The molecule has 2 heterocycles. The van der Waals surface area contributed by atoms with Crippen molar-refractivity contribution >= 4 is 11.6 Å². The van der Waals surface area contributed by atoms with Gasteiger partial charge in [-0.3, -0.25) is 9.78 Å². The second-order valence-corrected chi connectivity index (χ2v) is 7.12. The Labute approximate surface area is 154 Å². The highest BCUT2D eigenvalue weighted by molar-refractivity contribution is 6.04. The van der Waals surface area contributed by atoms with Gasteiger partial charge in [0.05, 0.1) is 17.1 Å². The van der Waals surface area contributed by atoms with E-state index in [0.29, 0.717) is 28.9 Å². The molecule has 0 saturated heterocycles. The van der Waals surface area contributed by atoms with E-state index in [1.165, 1.54) is 16.8 Å². The summed E-state index contributed by atoms with van der Waals surface area (Å²) in [5.41, 5.74) is 3.51. The van der Waals surface area contributed by atoms with Crippen LogP contribution >= 0.6 is 0 Å². The van der Waals surface area contributed by atoms with Crippen LogP contribution in [0.1, 0.15) is 39.8 Å². The molecule has 1 amide bonds. The predicted molar refractivity (Wildman–Crippen MR) is 95.0 cm³/mol. The van der Waals surface area contributed by atoms with Gasteiger partial charge >= 0.3 is 0 Å². The molecule has 136 valence electrons. The molecule has 1 N–H and O–H groups in total. The van der Waals surface area contributed by atoms with Gasteiger partial charge in [-0.2, -0.15) is 5.10 Å². The van der Waals surface area contributed by atoms with E-state index in [2.05, 4.69) is 15.4 Å². The molecule has 0 radical (unpaired) electrons. The minimum absolute atomic E-state index is 0.164. The van der Waals surface area contributed by atoms with E-state index in [1.807, 2.05) is 6.92 Å². The van der Waals surface area contributed by atoms with E-state index in [9.17, 15) is 13.6 Å². The minimum Gasteiger partial charge on any atom is -0.319 e. The van der Waals surface area contributed by atoms with Crippen LogP contribution in [-0.4, -0.2) is 20.7 Å². The third kappa shape index (κ3) is 2.53. The number of nitrogens with zero attached hydrogens (tertiary/aromatic N) is 3. The summed E-state index contributed by atoms with van der Waals surface area (Å²) in [6.07, 6.45) is 3.43. The fourth-order valence-electron chi connectivity index (χ4n) is 3.93. The number of hydrogen-bond acceptors (Lipinski definition) is 3. The number of carbonyl (C=O) groups is 1. The lowest BCUT2D eigenvalue weighted by atomic mass is 10.1. The number of pyridine rings is 1. The molecule has 7 heteroatoms. The molecular weight excluding hydrogens is 350 g/mol. The van der Waals surface area contributed by atoms with Crippen molar-refractivity contribution < 1.29 is 13.6 Å². The number of rotatable bonds is 3. The SMILES string of the molecule is Cc1ncccc1NC(=O)c1nn(-c2ccc(F)cc2F)c2c1C[C@H]1C[C@@H]21. The van der Waals surface area contributed by atoms with Crippen molar-refractivity contribution in [2.24, 2.45) is 5.92 Å². The summed E-state index contributed by atoms with van der Waals surface area (Å²) >= 11 is 0. The molecule has 0 spiro atoms. The van der Waals surface area contributed by atoms with E-state index >= 15 is 0 Å². The van der Waals surface area contributed by atoms with E-state index in [4.69, 9.17) is 0 Å². The molecule has 5 nitrogen and oxygen atoms in total. The zero-order valence-corrected chi connectivity index (χ0v) is 14.5. The molecule has 0 aliphatic heterocycles. The predicted octanol–water partition coefficient (Wildman–Crippen LogP) is 3.77. The normalized spacial score (nSPS) is 19.5. The number of benzene rings is 1. The zero-order chi connectivity index (χ0) is 18.7. The van der Waals surface area contributed by atoms with Gasteiger partial charge in [0.25, 0.3) is 5.91 Å². The fourth-order valence-corrected chi connectivity index (χ4v) is 3.93. The topological polar surface area (TPSA) is 59.8 Å². The molecular formula is C20H16F2N4O. The maximum atomic E-state index is 14.3. The Hall–Kier alpha value is -3.09. The standard InChI is InChI=1S/C20H16F2N4O/c1-10-16(3-2-6-23-10)24-20(27)18-14-8-11-7-13(11)19(14)26(25-18)17-5-4-12(21)9-15(17)22/h2-6,9,11,13H,7-8H2,1H3,(H,24,27)/t11-,13-/m1/s1. The lowest BCUT2D eigenvalue weighted by Gasteiger charge is -2.07. The maximum Gasteiger partial charge on any atom is 0.276 e. The van der Waals surface area contributed by atoms with Gasteiger partial charge < -0.3 is 5.32 Å². The van der Waals surface area contributed by atoms with E-state index in [-0.39, 0.29) is 11.6 Å². The first-order chi connectivity index (χ1) is 13.0. The van der Waals surface area contributed by atoms with Crippen LogP contribution in [0.3, 0.4) is 0 Å². The highest BCUT2D eigenvalue weighted by Crippen LogP contribution is 2.57. The summed E-state index contributed by atoms with van der Waals surface area (Å²) in [5.74, 6) is -0.906. The van der Waals surface area contributed by atoms with Crippen LogP contribution in [0.5, 0.6) is 0 Å². The number of amides is 1. The molecule has 0 unspecified atom stereocenters. The van der Waals surface area contributed by atoms with Crippen LogP contribution in [0.2, 0.25) is 0 Å². The first-order valence-electron chi connectivity index (χ1n) is 8.83. The summed E-state index contributed by atoms with van der Waals surface area (Å²) < 4.78 is 29.1. The molecule has 1 saturated carbocycles. The van der Waals surface area contributed by atoms with Gasteiger partial charge in [-0.1, -0.05) is 0 Å². The molecule has 27 heavy (non-hydrogen) atoms. The fraction of sp³-hybridized carbons (Fsp3) is 0.250. The van der Waals surface area contributed by atoms with Crippen molar-refractivity contribution in [3.05, 3.63) is 70.8 Å². The molecule has 1 aromatic carbocycles. The van der Waals surface area contributed by atoms with Crippen molar-refractivity contribution in [1.29, 1.82) is 0 Å². The largest absolute Gasteiger partial charge is 0.319 e. The average Bonchev–Trinajstić information content (AvgIpc) is 3.14. The molecule has 2 aliphatic carbocycles. The molecule has 2 atom stereocenters. The van der Waals surface area contributed by atoms with E-state index < -0.39 is 11.6 Å². The highest BCUT2D eigenvalue weighted by atomic mass is 19.1. The third-order valence-electron chi connectivity index (χ3n) is 5.37. The Morgan fingerprint density at radius 1 is 1.30 bits per heavy atom. The van der Waals surface area contributed by atoms with Crippen LogP contribution in [0.25, 0.3) is 5.69 Å². The van der Waals surface area contributed by atoms with Crippen LogP contribution in [-0.2, 0) is 6.42 Å². The van der Waals surface area contributed by atoms with Gasteiger partial charge in [0.1, 0.15) is 11.5 Å². The number of halogens is 2. The summed E-state index contributed by atoms with van der Waals surface area (Å²) in [6.45, 7) is 1.81. The van der Waals surface area contributed by atoms with Crippen LogP contribution < -0.4 is 5.32 Å². The molecule has 2 aromatic heterocycles. The Morgan fingerprint density at radius 3 is 2.93 bits per heavy atom. The Bertz CT molecular complexity index is 1090. The second-order valence-electron chi connectivity index (χ2n) is 7.12. The summed E-state index contributed by atoms with van der Waals surface area (Å²) in [5, 5.41) is 7.26. The van der Waals surface area contributed by atoms with Crippen molar-refractivity contribution in [2.75, 3.05) is 5.32 Å². The molecule has 2 aliphatic rings. The number of fused-ring (bicyclic) bond motifs is 3. The third-order valence-corrected chi connectivity index (χ3v) is 5.37. The number of carbonyl (C=O) groups excluding carboxylic acids is 1. The summed E-state index contributed by atoms with van der Waals surface area (Å²) in [7, 11) is 0. The number of hydrogen-bond donors (Lipinski definition) is 1. The van der Waals surface area contributed by atoms with Gasteiger partial charge in [0.2, 0.25) is 0 Å². The average molecular weight is 366 g/mol. The van der Waals surface area contributed by atoms with Crippen LogP contribution in [0, 0.1) is 24.5 Å². The summed E-state index contributed by atoms with van der Waals surface area (Å²) in [6, 6.07) is 6.91. The van der Waals surface area contributed by atoms with Gasteiger partial charge in [0.15, 0.2) is 11.5 Å². The number of nitrogens with one attached hydrogen (secondary N) is 1. The lowest BCUT2D eigenvalue weighted by Crippen LogP contribution is -2.16. The maximum absolute atomic E-state index is 14.3. The second kappa shape index (κ2) is 5.70. The molecule has 1 fully saturated rings. The molecule has 0 bridgehead atoms. The van der Waals surface area contributed by atoms with Gasteiger partial charge in [-0.15, -0.1) is 0 Å². The number of aromatic nitrogens is 3. The van der Waals surface area contributed by atoms with Gasteiger partial charge in [-0.25, -0.2) is 13.5 Å². The van der Waals surface area contributed by atoms with Crippen molar-refractivity contribution in [2.45, 2.75) is 25.7 Å². The summed E-state index contributed by atoms with van der Waals surface area (Å²) in [4.78, 5) is 17.0. The number of aryl methyl sites for hydroxylation is 1. The lowest BCUT2D eigenvalue weighted by molar-refractivity contribution is 0.102. The first-order valence-corrected chi connectivity index (χ1v) is 8.83. The van der Waals surface area contributed by atoms with Crippen molar-refractivity contribution in [3.63, 3.8) is 0 Å². The van der Waals surface area contributed by atoms with Gasteiger partial charge in [0, 0.05) is 23.7 Å². The minimum atomic E-state index is -0.695. The highest BCUT2D eigenvalue weighted by Gasteiger charge is 2.50. The zero-order valence-electron chi connectivity index (χ0n) is 14.5. The van der Waals surface area contributed by atoms with Crippen molar-refractivity contribution in [1.82, 2.24) is 14.8 Å². The Kier molecular flexibility index (Phi) is 3.40. The van der Waals surface area contributed by atoms with Crippen molar-refractivity contribution in [3.8, 4) is 5.69 Å². The van der Waals surface area contributed by atoms with Crippen LogP contribution in [0.4, 0.5) is 14.5 Å². The molecule has 5 rings (SSSR count). The van der Waals surface area contributed by atoms with E-state index in [1.54, 1.807) is 18.3 Å². The Morgan fingerprint density at radius 2 is 2.15 bits per heavy atom. The Balaban J connectivity index is 1.58. The quantitative estimate of drug-likeness (QED) is 0.768. The van der Waals surface area contributed by atoms with E-state index in [0.717, 1.165) is 30.2 Å². The number of anilines is 1. The smallest absolute Gasteiger partial charge is 0.276 e. The van der Waals surface area contributed by atoms with Crippen LogP contribution in [0.15, 0.2) is 36.5 Å². The van der Waals surface area contributed by atoms with Gasteiger partial charge in [-0.05, 0) is 49.9 Å². The monoisotopic (exact) mass is 366 g/mol. The molecule has 3 aromatic rings. The first kappa shape index (κ1) is 16.1.